The molecule has 0 bridgehead atoms. The van der Waals surface area contributed by atoms with Crippen LogP contribution < -0.4 is 16.6 Å². The molecule has 15 heavy (non-hydrogen) atoms. The van der Waals surface area contributed by atoms with Crippen molar-refractivity contribution in [2.45, 2.75) is 18.9 Å². The average molecular weight is 209 g/mol. The number of nitrogens with zero attached hydrogens (tertiary/aromatic N) is 2. The number of aromatic nitrogens is 2. The summed E-state index contributed by atoms with van der Waals surface area (Å²) < 4.78 is 5.36. The maximum atomic E-state index is 5.36. The van der Waals surface area contributed by atoms with Gasteiger partial charge < -0.3 is 15.5 Å². The molecule has 0 aliphatic carbocycles. The van der Waals surface area contributed by atoms with Gasteiger partial charge in [-0.15, -0.1) is 0 Å². The van der Waals surface area contributed by atoms with Crippen molar-refractivity contribution >= 4 is 11.6 Å². The van der Waals surface area contributed by atoms with Gasteiger partial charge in [0.2, 0.25) is 0 Å². The lowest BCUT2D eigenvalue weighted by Crippen LogP contribution is -2.30. The second-order valence-electron chi connectivity index (χ2n) is 3.49. The first-order chi connectivity index (χ1) is 7.38. The van der Waals surface area contributed by atoms with Crippen LogP contribution in [-0.2, 0) is 4.74 Å². The SMILES string of the molecule is NNc1cc(NC2CCCOC2)ncn1. The highest BCUT2D eigenvalue weighted by molar-refractivity contribution is 5.46. The summed E-state index contributed by atoms with van der Waals surface area (Å²) in [7, 11) is 0. The third kappa shape index (κ3) is 2.77. The third-order valence-corrected chi connectivity index (χ3v) is 2.33. The van der Waals surface area contributed by atoms with Crippen LogP contribution in [0.4, 0.5) is 11.6 Å². The lowest BCUT2D eigenvalue weighted by atomic mass is 10.1. The van der Waals surface area contributed by atoms with E-state index in [1.807, 2.05) is 0 Å². The van der Waals surface area contributed by atoms with Crippen molar-refractivity contribution < 1.29 is 4.74 Å². The van der Waals surface area contributed by atoms with E-state index in [4.69, 9.17) is 10.6 Å². The molecule has 2 rings (SSSR count). The van der Waals surface area contributed by atoms with E-state index >= 15 is 0 Å². The van der Waals surface area contributed by atoms with E-state index in [2.05, 4.69) is 20.7 Å². The number of anilines is 2. The molecule has 0 saturated carbocycles. The molecule has 1 atom stereocenters. The van der Waals surface area contributed by atoms with Crippen molar-refractivity contribution in [3.05, 3.63) is 12.4 Å². The molecule has 1 aliphatic rings. The van der Waals surface area contributed by atoms with Crippen LogP contribution in [0.5, 0.6) is 0 Å². The lowest BCUT2D eigenvalue weighted by molar-refractivity contribution is 0.0875. The van der Waals surface area contributed by atoms with E-state index in [0.717, 1.165) is 31.9 Å². The molecule has 1 fully saturated rings. The summed E-state index contributed by atoms with van der Waals surface area (Å²) >= 11 is 0. The van der Waals surface area contributed by atoms with Crippen LogP contribution >= 0.6 is 0 Å². The quantitative estimate of drug-likeness (QED) is 0.492. The summed E-state index contributed by atoms with van der Waals surface area (Å²) in [5, 5.41) is 3.28. The highest BCUT2D eigenvalue weighted by atomic mass is 16.5. The van der Waals surface area contributed by atoms with E-state index in [1.54, 1.807) is 6.07 Å². The van der Waals surface area contributed by atoms with Crippen molar-refractivity contribution in [1.82, 2.24) is 9.97 Å². The molecule has 1 unspecified atom stereocenters. The van der Waals surface area contributed by atoms with Crippen molar-refractivity contribution in [1.29, 1.82) is 0 Å². The first-order valence-corrected chi connectivity index (χ1v) is 5.01. The van der Waals surface area contributed by atoms with Gasteiger partial charge in [-0.3, -0.25) is 0 Å². The largest absolute Gasteiger partial charge is 0.379 e. The topological polar surface area (TPSA) is 85.1 Å². The van der Waals surface area contributed by atoms with E-state index in [-0.39, 0.29) is 0 Å². The molecule has 1 aliphatic heterocycles. The fourth-order valence-corrected chi connectivity index (χ4v) is 1.58. The van der Waals surface area contributed by atoms with Gasteiger partial charge >= 0.3 is 0 Å². The van der Waals surface area contributed by atoms with Gasteiger partial charge in [0.1, 0.15) is 18.0 Å². The van der Waals surface area contributed by atoms with Crippen LogP contribution in [0, 0.1) is 0 Å². The van der Waals surface area contributed by atoms with Gasteiger partial charge in [0.15, 0.2) is 0 Å². The van der Waals surface area contributed by atoms with Crippen molar-refractivity contribution in [2.24, 2.45) is 5.84 Å². The van der Waals surface area contributed by atoms with Gasteiger partial charge in [0.25, 0.3) is 0 Å². The Morgan fingerprint density at radius 1 is 1.40 bits per heavy atom. The van der Waals surface area contributed by atoms with E-state index in [9.17, 15) is 0 Å². The molecular weight excluding hydrogens is 194 g/mol. The molecule has 0 radical (unpaired) electrons. The van der Waals surface area contributed by atoms with E-state index in [0.29, 0.717) is 11.9 Å². The second kappa shape index (κ2) is 4.90. The molecule has 1 aromatic rings. The first kappa shape index (κ1) is 10.1. The summed E-state index contributed by atoms with van der Waals surface area (Å²) in [4.78, 5) is 8.04. The number of hydrogen-bond acceptors (Lipinski definition) is 6. The average Bonchev–Trinajstić information content (AvgIpc) is 2.31. The Kier molecular flexibility index (Phi) is 3.31. The van der Waals surface area contributed by atoms with Crippen molar-refractivity contribution in [3.63, 3.8) is 0 Å². The Bertz CT molecular complexity index is 313. The van der Waals surface area contributed by atoms with E-state index < -0.39 is 0 Å². The maximum Gasteiger partial charge on any atom is 0.145 e. The van der Waals surface area contributed by atoms with Crippen LogP contribution in [0.3, 0.4) is 0 Å². The monoisotopic (exact) mass is 209 g/mol. The minimum absolute atomic E-state index is 0.333. The van der Waals surface area contributed by atoms with Crippen LogP contribution in [0.1, 0.15) is 12.8 Å². The number of nitrogen functional groups attached to an aromatic ring is 1. The standard InChI is InChI=1S/C9H15N5O/c10-14-9-4-8(11-6-12-9)13-7-2-1-3-15-5-7/h4,6-7H,1-3,5,10H2,(H2,11,12,13,14). The highest BCUT2D eigenvalue weighted by Gasteiger charge is 2.13. The highest BCUT2D eigenvalue weighted by Crippen LogP contribution is 2.13. The van der Waals surface area contributed by atoms with Gasteiger partial charge in [-0.05, 0) is 12.8 Å². The molecule has 0 aromatic carbocycles. The smallest absolute Gasteiger partial charge is 0.145 e. The Balaban J connectivity index is 1.96. The van der Waals surface area contributed by atoms with Gasteiger partial charge in [0.05, 0.1) is 12.6 Å². The molecule has 4 N–H and O–H groups in total. The van der Waals surface area contributed by atoms with E-state index in [1.165, 1.54) is 6.33 Å². The molecule has 6 nitrogen and oxygen atoms in total. The number of nitrogens with two attached hydrogens (primary N) is 1. The minimum Gasteiger partial charge on any atom is -0.379 e. The maximum absolute atomic E-state index is 5.36. The van der Waals surface area contributed by atoms with Gasteiger partial charge in [-0.25, -0.2) is 15.8 Å². The van der Waals surface area contributed by atoms with Crippen LogP contribution in [0.2, 0.25) is 0 Å². The minimum atomic E-state index is 0.333. The first-order valence-electron chi connectivity index (χ1n) is 5.01. The van der Waals surface area contributed by atoms with Crippen LogP contribution in [0.25, 0.3) is 0 Å². The number of hydrazine groups is 1. The molecule has 0 amide bonds. The van der Waals surface area contributed by atoms with Gasteiger partial charge in [0, 0.05) is 12.7 Å². The lowest BCUT2D eigenvalue weighted by Gasteiger charge is -2.23. The zero-order chi connectivity index (χ0) is 10.5. The Hall–Kier alpha value is -1.40. The number of ether oxygens (including phenoxy) is 1. The molecule has 1 aromatic heterocycles. The van der Waals surface area contributed by atoms with Crippen LogP contribution in [-0.4, -0.2) is 29.2 Å². The number of hydrogen-bond donors (Lipinski definition) is 3. The molecule has 82 valence electrons. The fraction of sp³-hybridized carbons (Fsp3) is 0.556. The Labute approximate surface area is 88.2 Å². The third-order valence-electron chi connectivity index (χ3n) is 2.33. The summed E-state index contributed by atoms with van der Waals surface area (Å²) in [6, 6.07) is 2.11. The Morgan fingerprint density at radius 3 is 3.00 bits per heavy atom. The number of nitrogens with one attached hydrogen (secondary N) is 2. The van der Waals surface area contributed by atoms with Gasteiger partial charge in [-0.2, -0.15) is 0 Å². The molecule has 6 heteroatoms. The summed E-state index contributed by atoms with van der Waals surface area (Å²) in [5.74, 6) is 6.63. The van der Waals surface area contributed by atoms with Crippen molar-refractivity contribution in [3.8, 4) is 0 Å². The predicted octanol–water partition coefficient (Wildman–Crippen LogP) is 0.353. The van der Waals surface area contributed by atoms with Crippen LogP contribution in [0.15, 0.2) is 12.4 Å². The molecule has 2 heterocycles. The second-order valence-corrected chi connectivity index (χ2v) is 3.49. The normalized spacial score (nSPS) is 21.0. The fourth-order valence-electron chi connectivity index (χ4n) is 1.58. The zero-order valence-corrected chi connectivity index (χ0v) is 8.44. The summed E-state index contributed by atoms with van der Waals surface area (Å²) in [5.41, 5.74) is 2.48. The predicted molar refractivity (Wildman–Crippen MR) is 57.3 cm³/mol. The summed E-state index contributed by atoms with van der Waals surface area (Å²) in [6.45, 7) is 1.59. The molecular formula is C9H15N5O. The zero-order valence-electron chi connectivity index (χ0n) is 8.44. The number of rotatable bonds is 3. The summed E-state index contributed by atoms with van der Waals surface area (Å²) in [6.07, 6.45) is 3.67. The van der Waals surface area contributed by atoms with Crippen molar-refractivity contribution in [2.75, 3.05) is 24.0 Å². The molecule has 1 saturated heterocycles. The molecule has 0 spiro atoms. The Morgan fingerprint density at radius 2 is 2.27 bits per heavy atom. The van der Waals surface area contributed by atoms with Gasteiger partial charge in [-0.1, -0.05) is 0 Å².